The lowest BCUT2D eigenvalue weighted by atomic mass is 9.93. The van der Waals surface area contributed by atoms with Gasteiger partial charge < -0.3 is 15.1 Å². The van der Waals surface area contributed by atoms with E-state index in [1.807, 2.05) is 4.90 Å². The number of hydrogen-bond acceptors (Lipinski definition) is 3. The second-order valence-electron chi connectivity index (χ2n) is 6.36. The van der Waals surface area contributed by atoms with E-state index in [-0.39, 0.29) is 0 Å². The highest BCUT2D eigenvalue weighted by molar-refractivity contribution is 5.76. The SMILES string of the molecule is CC1CN(C(=O)CCCC2CCCN(C)C2)CCN1. The number of nitrogens with one attached hydrogen (secondary N) is 1. The fourth-order valence-corrected chi connectivity index (χ4v) is 3.37. The second-order valence-corrected chi connectivity index (χ2v) is 6.36. The lowest BCUT2D eigenvalue weighted by Gasteiger charge is -2.32. The number of likely N-dealkylation sites (tertiary alicyclic amines) is 1. The quantitative estimate of drug-likeness (QED) is 0.834. The van der Waals surface area contributed by atoms with E-state index in [1.165, 1.54) is 32.4 Å². The van der Waals surface area contributed by atoms with Gasteiger partial charge >= 0.3 is 0 Å². The molecule has 0 aromatic heterocycles. The van der Waals surface area contributed by atoms with Gasteiger partial charge in [0.1, 0.15) is 0 Å². The van der Waals surface area contributed by atoms with Gasteiger partial charge in [0.25, 0.3) is 0 Å². The molecule has 2 fully saturated rings. The number of nitrogens with zero attached hydrogens (tertiary/aromatic N) is 2. The van der Waals surface area contributed by atoms with Gasteiger partial charge in [-0.2, -0.15) is 0 Å². The number of carbonyl (C=O) groups is 1. The van der Waals surface area contributed by atoms with Gasteiger partial charge in [-0.05, 0) is 52.1 Å². The molecule has 4 heteroatoms. The first-order chi connectivity index (χ1) is 9.15. The Kier molecular flexibility index (Phi) is 5.64. The van der Waals surface area contributed by atoms with Crippen LogP contribution in [0.25, 0.3) is 0 Å². The van der Waals surface area contributed by atoms with Crippen molar-refractivity contribution in [1.82, 2.24) is 15.1 Å². The lowest BCUT2D eigenvalue weighted by Crippen LogP contribution is -2.51. The standard InChI is InChI=1S/C15H29N3O/c1-13-11-18(10-8-16-13)15(19)7-3-5-14-6-4-9-17(2)12-14/h13-14,16H,3-12H2,1-2H3. The molecule has 1 N–H and O–H groups in total. The van der Waals surface area contributed by atoms with Gasteiger partial charge in [-0.15, -0.1) is 0 Å². The Bertz CT molecular complexity index is 295. The Morgan fingerprint density at radius 3 is 2.89 bits per heavy atom. The summed E-state index contributed by atoms with van der Waals surface area (Å²) in [6.07, 6.45) is 5.70. The Morgan fingerprint density at radius 1 is 1.32 bits per heavy atom. The minimum atomic E-state index is 0.359. The monoisotopic (exact) mass is 267 g/mol. The van der Waals surface area contributed by atoms with Crippen molar-refractivity contribution in [1.29, 1.82) is 0 Å². The van der Waals surface area contributed by atoms with Crippen LogP contribution in [0, 0.1) is 5.92 Å². The van der Waals surface area contributed by atoms with Gasteiger partial charge in [-0.1, -0.05) is 0 Å². The number of piperidine rings is 1. The van der Waals surface area contributed by atoms with E-state index in [2.05, 4.69) is 24.2 Å². The Labute approximate surface area is 117 Å². The van der Waals surface area contributed by atoms with Crippen LogP contribution in [0.4, 0.5) is 0 Å². The minimum absolute atomic E-state index is 0.359. The van der Waals surface area contributed by atoms with Crippen LogP contribution in [0.1, 0.15) is 39.0 Å². The smallest absolute Gasteiger partial charge is 0.222 e. The molecule has 0 radical (unpaired) electrons. The highest BCUT2D eigenvalue weighted by Crippen LogP contribution is 2.20. The summed E-state index contributed by atoms with van der Waals surface area (Å²) in [6.45, 7) is 7.32. The van der Waals surface area contributed by atoms with E-state index >= 15 is 0 Å². The highest BCUT2D eigenvalue weighted by atomic mass is 16.2. The maximum absolute atomic E-state index is 12.1. The molecule has 1 amide bonds. The molecule has 2 aliphatic rings. The Balaban J connectivity index is 1.63. The number of carbonyl (C=O) groups excluding carboxylic acids is 1. The van der Waals surface area contributed by atoms with Gasteiger partial charge in [0.05, 0.1) is 0 Å². The van der Waals surface area contributed by atoms with Crippen molar-refractivity contribution in [2.24, 2.45) is 5.92 Å². The molecule has 110 valence electrons. The summed E-state index contributed by atoms with van der Waals surface area (Å²) in [4.78, 5) is 16.6. The van der Waals surface area contributed by atoms with Crippen molar-refractivity contribution >= 4 is 5.91 Å². The van der Waals surface area contributed by atoms with Crippen LogP contribution in [0.15, 0.2) is 0 Å². The molecule has 2 unspecified atom stereocenters. The molecular weight excluding hydrogens is 238 g/mol. The Morgan fingerprint density at radius 2 is 2.16 bits per heavy atom. The molecule has 2 aliphatic heterocycles. The van der Waals surface area contributed by atoms with Gasteiger partial charge in [-0.3, -0.25) is 4.79 Å². The number of piperazine rings is 1. The van der Waals surface area contributed by atoms with E-state index in [0.29, 0.717) is 11.9 Å². The predicted octanol–water partition coefficient (Wildman–Crippen LogP) is 1.32. The molecule has 2 heterocycles. The average Bonchev–Trinajstić information content (AvgIpc) is 2.38. The molecule has 4 nitrogen and oxygen atoms in total. The third-order valence-electron chi connectivity index (χ3n) is 4.45. The summed E-state index contributed by atoms with van der Waals surface area (Å²) in [5.41, 5.74) is 0. The maximum Gasteiger partial charge on any atom is 0.222 e. The fraction of sp³-hybridized carbons (Fsp3) is 0.933. The zero-order valence-corrected chi connectivity index (χ0v) is 12.5. The average molecular weight is 267 g/mol. The van der Waals surface area contributed by atoms with E-state index in [0.717, 1.165) is 38.4 Å². The molecular formula is C15H29N3O. The van der Waals surface area contributed by atoms with Crippen LogP contribution in [0.5, 0.6) is 0 Å². The normalized spacial score (nSPS) is 29.5. The molecule has 0 aromatic carbocycles. The maximum atomic E-state index is 12.1. The van der Waals surface area contributed by atoms with Gasteiger partial charge in [-0.25, -0.2) is 0 Å². The molecule has 0 spiro atoms. The van der Waals surface area contributed by atoms with Gasteiger partial charge in [0.15, 0.2) is 0 Å². The van der Waals surface area contributed by atoms with Crippen LogP contribution in [-0.2, 0) is 4.79 Å². The summed E-state index contributed by atoms with van der Waals surface area (Å²) in [6, 6.07) is 0.449. The van der Waals surface area contributed by atoms with Crippen molar-refractivity contribution in [3.63, 3.8) is 0 Å². The molecule has 2 saturated heterocycles. The van der Waals surface area contributed by atoms with Gasteiger partial charge in [0.2, 0.25) is 5.91 Å². The molecule has 19 heavy (non-hydrogen) atoms. The van der Waals surface area contributed by atoms with Crippen molar-refractivity contribution in [2.75, 3.05) is 39.8 Å². The zero-order valence-electron chi connectivity index (χ0n) is 12.5. The second kappa shape index (κ2) is 7.25. The van der Waals surface area contributed by atoms with Crippen molar-refractivity contribution in [2.45, 2.75) is 45.1 Å². The summed E-state index contributed by atoms with van der Waals surface area (Å²) in [7, 11) is 2.21. The van der Waals surface area contributed by atoms with Crippen molar-refractivity contribution < 1.29 is 4.79 Å². The summed E-state index contributed by atoms with van der Waals surface area (Å²) < 4.78 is 0. The van der Waals surface area contributed by atoms with Crippen LogP contribution >= 0.6 is 0 Å². The predicted molar refractivity (Wildman–Crippen MR) is 78.1 cm³/mol. The van der Waals surface area contributed by atoms with E-state index < -0.39 is 0 Å². The summed E-state index contributed by atoms with van der Waals surface area (Å²) in [5.74, 6) is 1.17. The van der Waals surface area contributed by atoms with Crippen LogP contribution in [0.3, 0.4) is 0 Å². The largest absolute Gasteiger partial charge is 0.340 e. The Hall–Kier alpha value is -0.610. The third-order valence-corrected chi connectivity index (χ3v) is 4.45. The van der Waals surface area contributed by atoms with Crippen LogP contribution in [0.2, 0.25) is 0 Å². The molecule has 2 rings (SSSR count). The lowest BCUT2D eigenvalue weighted by molar-refractivity contribution is -0.132. The topological polar surface area (TPSA) is 35.6 Å². The first-order valence-electron chi connectivity index (χ1n) is 7.85. The van der Waals surface area contributed by atoms with E-state index in [1.54, 1.807) is 0 Å². The first-order valence-corrected chi connectivity index (χ1v) is 7.85. The van der Waals surface area contributed by atoms with Crippen molar-refractivity contribution in [3.8, 4) is 0 Å². The molecule has 0 aliphatic carbocycles. The zero-order chi connectivity index (χ0) is 13.7. The minimum Gasteiger partial charge on any atom is -0.340 e. The van der Waals surface area contributed by atoms with E-state index in [9.17, 15) is 4.79 Å². The number of rotatable bonds is 4. The van der Waals surface area contributed by atoms with Crippen LogP contribution in [-0.4, -0.2) is 61.5 Å². The first kappa shape index (κ1) is 14.8. The van der Waals surface area contributed by atoms with Gasteiger partial charge in [0, 0.05) is 38.6 Å². The van der Waals surface area contributed by atoms with E-state index in [4.69, 9.17) is 0 Å². The summed E-state index contributed by atoms with van der Waals surface area (Å²) >= 11 is 0. The molecule has 0 saturated carbocycles. The number of amides is 1. The highest BCUT2D eigenvalue weighted by Gasteiger charge is 2.21. The molecule has 2 atom stereocenters. The molecule has 0 bridgehead atoms. The number of hydrogen-bond donors (Lipinski definition) is 1. The van der Waals surface area contributed by atoms with Crippen molar-refractivity contribution in [3.05, 3.63) is 0 Å². The third kappa shape index (κ3) is 4.77. The molecule has 0 aromatic rings. The summed E-state index contributed by atoms with van der Waals surface area (Å²) in [5, 5.41) is 3.38. The van der Waals surface area contributed by atoms with Crippen LogP contribution < -0.4 is 5.32 Å². The fourth-order valence-electron chi connectivity index (χ4n) is 3.37.